The van der Waals surface area contributed by atoms with Gasteiger partial charge in [-0.25, -0.2) is 9.97 Å². The van der Waals surface area contributed by atoms with Crippen LogP contribution in [0.1, 0.15) is 31.0 Å². The molecule has 20 heavy (non-hydrogen) atoms. The van der Waals surface area contributed by atoms with Crippen molar-refractivity contribution in [2.75, 3.05) is 0 Å². The van der Waals surface area contributed by atoms with Gasteiger partial charge in [0.1, 0.15) is 5.65 Å². The molecule has 5 nitrogen and oxygen atoms in total. The zero-order valence-corrected chi connectivity index (χ0v) is 13.2. The van der Waals surface area contributed by atoms with Crippen LogP contribution in [-0.2, 0) is 10.8 Å². The van der Waals surface area contributed by atoms with Crippen molar-refractivity contribution in [3.8, 4) is 0 Å². The molecule has 1 fully saturated rings. The van der Waals surface area contributed by atoms with Crippen LogP contribution in [0.5, 0.6) is 0 Å². The first-order valence-electron chi connectivity index (χ1n) is 6.58. The van der Waals surface area contributed by atoms with E-state index in [1.807, 2.05) is 6.92 Å². The molecular formula is C13H12BrN3O2S. The highest BCUT2D eigenvalue weighted by Gasteiger charge is 2.39. The maximum Gasteiger partial charge on any atom is 0.266 e. The Labute approximate surface area is 126 Å². The highest BCUT2D eigenvalue weighted by Crippen LogP contribution is 2.38. The lowest BCUT2D eigenvalue weighted by Gasteiger charge is -2.19. The highest BCUT2D eigenvalue weighted by atomic mass is 79.9. The molecule has 104 valence electrons. The Morgan fingerprint density at radius 3 is 3.00 bits per heavy atom. The summed E-state index contributed by atoms with van der Waals surface area (Å²) in [7, 11) is -1.23. The Balaban J connectivity index is 2.21. The van der Waals surface area contributed by atoms with E-state index in [4.69, 9.17) is 0 Å². The Morgan fingerprint density at radius 1 is 1.40 bits per heavy atom. The molecular weight excluding hydrogens is 342 g/mol. The molecule has 1 aliphatic carbocycles. The topological polar surface area (TPSA) is 64.8 Å². The van der Waals surface area contributed by atoms with Crippen molar-refractivity contribution in [3.63, 3.8) is 0 Å². The van der Waals surface area contributed by atoms with Crippen LogP contribution in [0, 0.1) is 6.92 Å². The van der Waals surface area contributed by atoms with Crippen molar-refractivity contribution in [1.82, 2.24) is 14.5 Å². The summed E-state index contributed by atoms with van der Waals surface area (Å²) < 4.78 is 14.9. The molecule has 1 aliphatic heterocycles. The number of pyridine rings is 1. The number of rotatable bonds is 0. The van der Waals surface area contributed by atoms with Gasteiger partial charge in [-0.05, 0) is 41.8 Å². The largest absolute Gasteiger partial charge is 0.287 e. The average Bonchev–Trinajstić information content (AvgIpc) is 2.86. The van der Waals surface area contributed by atoms with Gasteiger partial charge < -0.3 is 0 Å². The molecule has 3 atom stereocenters. The number of nitrogens with zero attached hydrogens (tertiary/aromatic N) is 3. The van der Waals surface area contributed by atoms with Crippen LogP contribution in [0.25, 0.3) is 11.0 Å². The second-order valence-corrected chi connectivity index (χ2v) is 7.75. The number of halogens is 1. The number of hydrogen-bond acceptors (Lipinski definition) is 4. The third kappa shape index (κ3) is 1.53. The molecule has 0 aromatic carbocycles. The van der Waals surface area contributed by atoms with Crippen molar-refractivity contribution in [2.24, 2.45) is 0 Å². The van der Waals surface area contributed by atoms with Crippen LogP contribution >= 0.6 is 15.9 Å². The molecule has 0 amide bonds. The summed E-state index contributed by atoms with van der Waals surface area (Å²) in [4.78, 5) is 21.3. The predicted molar refractivity (Wildman–Crippen MR) is 79.3 cm³/mol. The van der Waals surface area contributed by atoms with E-state index in [9.17, 15) is 9.00 Å². The van der Waals surface area contributed by atoms with Gasteiger partial charge in [-0.15, -0.1) is 0 Å². The van der Waals surface area contributed by atoms with Gasteiger partial charge in [0, 0.05) is 5.39 Å². The molecule has 4 rings (SSSR count). The number of fused-ring (bicyclic) bond motifs is 3. The second-order valence-electron chi connectivity index (χ2n) is 5.33. The predicted octanol–water partition coefficient (Wildman–Crippen LogP) is 2.08. The second kappa shape index (κ2) is 4.21. The number of hydrogen-bond donors (Lipinski definition) is 0. The van der Waals surface area contributed by atoms with Crippen LogP contribution < -0.4 is 5.56 Å². The monoisotopic (exact) mass is 353 g/mol. The third-order valence-corrected chi connectivity index (χ3v) is 6.43. The molecule has 7 heteroatoms. The third-order valence-electron chi connectivity index (χ3n) is 4.22. The SMILES string of the molecule is Cc1nc2nc3c1cc(Br)c(=O)n3C1CCCC1S2=O. The summed E-state index contributed by atoms with van der Waals surface area (Å²) in [6, 6.07) is 1.74. The molecule has 1 saturated carbocycles. The maximum absolute atomic E-state index is 12.6. The first-order valence-corrected chi connectivity index (χ1v) is 8.58. The molecule has 2 bridgehead atoms. The normalized spacial score (nSPS) is 27.8. The van der Waals surface area contributed by atoms with Crippen LogP contribution in [0.4, 0.5) is 0 Å². The minimum atomic E-state index is -1.23. The van der Waals surface area contributed by atoms with Gasteiger partial charge >= 0.3 is 0 Å². The van der Waals surface area contributed by atoms with Crippen molar-refractivity contribution in [1.29, 1.82) is 0 Å². The number of aryl methyl sites for hydroxylation is 1. The maximum atomic E-state index is 12.6. The zero-order chi connectivity index (χ0) is 14.0. The standard InChI is InChI=1S/C13H12BrN3O2S/c1-6-7-5-8(14)12(18)17-9-3-2-4-10(9)20(19)13(15-6)16-11(7)17/h5,9-10H,2-4H2,1H3. The average molecular weight is 354 g/mol. The lowest BCUT2D eigenvalue weighted by Crippen LogP contribution is -2.30. The fourth-order valence-electron chi connectivity index (χ4n) is 3.28. The van der Waals surface area contributed by atoms with Gasteiger partial charge in [-0.3, -0.25) is 13.6 Å². The Kier molecular flexibility index (Phi) is 2.66. The molecule has 0 N–H and O–H groups in total. The quantitative estimate of drug-likeness (QED) is 0.680. The van der Waals surface area contributed by atoms with Crippen molar-refractivity contribution < 1.29 is 4.21 Å². The summed E-state index contributed by atoms with van der Waals surface area (Å²) in [6.45, 7) is 1.87. The van der Waals surface area contributed by atoms with Crippen LogP contribution in [0.3, 0.4) is 0 Å². The molecule has 3 unspecified atom stereocenters. The summed E-state index contributed by atoms with van der Waals surface area (Å²) in [5, 5.41) is 1.18. The fourth-order valence-corrected chi connectivity index (χ4v) is 5.30. The molecule has 2 aliphatic rings. The molecule has 0 radical (unpaired) electrons. The van der Waals surface area contributed by atoms with E-state index < -0.39 is 10.8 Å². The van der Waals surface area contributed by atoms with Crippen LogP contribution in [-0.4, -0.2) is 24.0 Å². The zero-order valence-electron chi connectivity index (χ0n) is 10.8. The van der Waals surface area contributed by atoms with Crippen molar-refractivity contribution >= 4 is 37.8 Å². The van der Waals surface area contributed by atoms with E-state index in [0.717, 1.165) is 30.3 Å². The summed E-state index contributed by atoms with van der Waals surface area (Å²) in [5.74, 6) is 0. The van der Waals surface area contributed by atoms with Gasteiger partial charge in [-0.1, -0.05) is 6.42 Å². The van der Waals surface area contributed by atoms with E-state index in [-0.39, 0.29) is 16.9 Å². The van der Waals surface area contributed by atoms with E-state index >= 15 is 0 Å². The van der Waals surface area contributed by atoms with Gasteiger partial charge in [0.15, 0.2) is 0 Å². The Morgan fingerprint density at radius 2 is 2.20 bits per heavy atom. The van der Waals surface area contributed by atoms with Gasteiger partial charge in [0.2, 0.25) is 5.16 Å². The molecule has 0 saturated heterocycles. The molecule has 3 heterocycles. The first-order chi connectivity index (χ1) is 9.58. The lowest BCUT2D eigenvalue weighted by atomic mass is 10.2. The molecule has 2 aromatic heterocycles. The molecule has 0 spiro atoms. The van der Waals surface area contributed by atoms with E-state index in [0.29, 0.717) is 15.3 Å². The Bertz CT molecular complexity index is 832. The summed E-state index contributed by atoms with van der Waals surface area (Å²) in [5.41, 5.74) is 1.31. The number of aromatic nitrogens is 3. The van der Waals surface area contributed by atoms with Crippen LogP contribution in [0.2, 0.25) is 0 Å². The van der Waals surface area contributed by atoms with Crippen molar-refractivity contribution in [3.05, 3.63) is 26.6 Å². The van der Waals surface area contributed by atoms with Gasteiger partial charge in [0.25, 0.3) is 5.56 Å². The van der Waals surface area contributed by atoms with E-state index in [2.05, 4.69) is 25.9 Å². The minimum absolute atomic E-state index is 0.0306. The smallest absolute Gasteiger partial charge is 0.266 e. The van der Waals surface area contributed by atoms with Gasteiger partial charge in [0.05, 0.1) is 32.3 Å². The van der Waals surface area contributed by atoms with E-state index in [1.54, 1.807) is 10.6 Å². The minimum Gasteiger partial charge on any atom is -0.287 e. The van der Waals surface area contributed by atoms with Crippen molar-refractivity contribution in [2.45, 2.75) is 42.6 Å². The summed E-state index contributed by atoms with van der Waals surface area (Å²) >= 11 is 3.34. The fraction of sp³-hybridized carbons (Fsp3) is 0.462. The van der Waals surface area contributed by atoms with Gasteiger partial charge in [-0.2, -0.15) is 0 Å². The lowest BCUT2D eigenvalue weighted by molar-refractivity contribution is 0.519. The molecule has 2 aromatic rings. The first kappa shape index (κ1) is 12.6. The Hall–Kier alpha value is -1.08. The summed E-state index contributed by atoms with van der Waals surface area (Å²) in [6.07, 6.45) is 2.73. The highest BCUT2D eigenvalue weighted by molar-refractivity contribution is 9.10. The van der Waals surface area contributed by atoms with Crippen LogP contribution in [0.15, 0.2) is 20.5 Å². The van der Waals surface area contributed by atoms with E-state index in [1.165, 1.54) is 0 Å².